The number of carbonyl (C=O) groups excluding carboxylic acids is 2. The predicted octanol–water partition coefficient (Wildman–Crippen LogP) is 4.41. The minimum absolute atomic E-state index is 0.158. The quantitative estimate of drug-likeness (QED) is 0.302. The normalized spacial score (nSPS) is 21.1. The largest absolute Gasteiger partial charge is 0.451 e. The van der Waals surface area contributed by atoms with Crippen LogP contribution in [0.1, 0.15) is 62.7 Å². The first-order valence-electron chi connectivity index (χ1n) is 13.0. The van der Waals surface area contributed by atoms with E-state index in [2.05, 4.69) is 0 Å². The summed E-state index contributed by atoms with van der Waals surface area (Å²) in [6.45, 7) is 6.99. The highest BCUT2D eigenvalue weighted by Crippen LogP contribution is 2.36. The van der Waals surface area contributed by atoms with Gasteiger partial charge in [-0.1, -0.05) is 6.07 Å². The van der Waals surface area contributed by atoms with Crippen LogP contribution in [-0.4, -0.2) is 73.6 Å². The molecule has 202 valence electrons. The van der Waals surface area contributed by atoms with Crippen molar-refractivity contribution < 1.29 is 28.3 Å². The first-order valence-corrected chi connectivity index (χ1v) is 13.0. The molecule has 3 atom stereocenters. The minimum atomic E-state index is -0.632. The number of hydroxylamine groups is 2. The number of methoxy groups -OCH3 is 1. The van der Waals surface area contributed by atoms with E-state index in [1.165, 1.54) is 24.3 Å². The lowest BCUT2D eigenvalue weighted by molar-refractivity contribution is -0.193. The van der Waals surface area contributed by atoms with Gasteiger partial charge in [0.2, 0.25) is 0 Å². The molecule has 0 aromatic heterocycles. The number of hydrogen-bond donors (Lipinski definition) is 1. The van der Waals surface area contributed by atoms with E-state index >= 15 is 0 Å². The van der Waals surface area contributed by atoms with Crippen molar-refractivity contribution in [3.63, 3.8) is 0 Å². The Kier molecular flexibility index (Phi) is 10.8. The molecular weight excluding hydrogens is 467 g/mol. The van der Waals surface area contributed by atoms with Crippen LogP contribution in [-0.2, 0) is 14.3 Å². The van der Waals surface area contributed by atoms with Crippen molar-refractivity contribution in [1.82, 2.24) is 15.0 Å². The van der Waals surface area contributed by atoms with E-state index in [0.717, 1.165) is 62.4 Å². The number of hydrazine groups is 1. The van der Waals surface area contributed by atoms with E-state index in [4.69, 9.17) is 20.2 Å². The second-order valence-electron chi connectivity index (χ2n) is 9.74. The molecule has 2 N–H and O–H groups in total. The molecule has 2 aliphatic rings. The zero-order valence-corrected chi connectivity index (χ0v) is 21.8. The molecule has 2 heterocycles. The lowest BCUT2D eigenvalue weighted by atomic mass is 9.87. The van der Waals surface area contributed by atoms with E-state index < -0.39 is 12.2 Å². The first-order chi connectivity index (χ1) is 17.3. The maximum absolute atomic E-state index is 14.2. The number of nitrogens with zero attached hydrogens (tertiary/aromatic N) is 3. The molecule has 2 aliphatic heterocycles. The summed E-state index contributed by atoms with van der Waals surface area (Å²) in [6.07, 6.45) is 4.31. The lowest BCUT2D eigenvalue weighted by Gasteiger charge is -2.39. The van der Waals surface area contributed by atoms with Crippen molar-refractivity contribution in [3.05, 3.63) is 35.1 Å². The van der Waals surface area contributed by atoms with Crippen molar-refractivity contribution in [2.45, 2.75) is 58.5 Å². The van der Waals surface area contributed by atoms with Gasteiger partial charge >= 0.3 is 12.1 Å². The van der Waals surface area contributed by atoms with Gasteiger partial charge in [0.15, 0.2) is 0 Å². The highest BCUT2D eigenvalue weighted by atomic mass is 19.1. The number of amides is 3. The molecule has 9 nitrogen and oxygen atoms in total. The van der Waals surface area contributed by atoms with Gasteiger partial charge in [0.25, 0.3) is 0 Å². The summed E-state index contributed by atoms with van der Waals surface area (Å²) in [5.41, 5.74) is 1.49. The molecule has 1 aromatic rings. The Labute approximate surface area is 213 Å². The molecule has 2 saturated heterocycles. The van der Waals surface area contributed by atoms with Crippen LogP contribution in [0.4, 0.5) is 14.0 Å². The van der Waals surface area contributed by atoms with E-state index in [-0.39, 0.29) is 24.3 Å². The minimum Gasteiger partial charge on any atom is -0.451 e. The summed E-state index contributed by atoms with van der Waals surface area (Å²) < 4.78 is 24.6. The van der Waals surface area contributed by atoms with E-state index in [1.807, 2.05) is 6.92 Å². The van der Waals surface area contributed by atoms with Crippen molar-refractivity contribution in [2.75, 3.05) is 46.5 Å². The van der Waals surface area contributed by atoms with Gasteiger partial charge in [-0.05, 0) is 81.5 Å². The first kappa shape index (κ1) is 28.1. The number of rotatable bonds is 9. The smallest absolute Gasteiger partial charge is 0.433 e. The number of aryl methyl sites for hydroxylation is 1. The van der Waals surface area contributed by atoms with Gasteiger partial charge < -0.3 is 14.4 Å². The number of ether oxygens (including phenoxy) is 2. The zero-order chi connectivity index (χ0) is 26.1. The van der Waals surface area contributed by atoms with Crippen LogP contribution >= 0.6 is 0 Å². The molecular formula is C26H41FN4O5. The molecule has 2 unspecified atom stereocenters. The van der Waals surface area contributed by atoms with Gasteiger partial charge in [-0.2, -0.15) is 5.06 Å². The Morgan fingerprint density at radius 1 is 1.31 bits per heavy atom. The summed E-state index contributed by atoms with van der Waals surface area (Å²) in [5.74, 6) is 6.15. The Balaban J connectivity index is 1.68. The van der Waals surface area contributed by atoms with Gasteiger partial charge in [0.05, 0.1) is 7.11 Å². The zero-order valence-electron chi connectivity index (χ0n) is 21.8. The summed E-state index contributed by atoms with van der Waals surface area (Å²) >= 11 is 0. The van der Waals surface area contributed by atoms with Gasteiger partial charge in [-0.25, -0.2) is 19.8 Å². The molecule has 10 heteroatoms. The number of nitrogens with two attached hydrogens (primary N) is 1. The fourth-order valence-electron chi connectivity index (χ4n) is 5.09. The fraction of sp³-hybridized carbons (Fsp3) is 0.692. The van der Waals surface area contributed by atoms with Crippen LogP contribution in [0.25, 0.3) is 0 Å². The van der Waals surface area contributed by atoms with Gasteiger partial charge in [0.1, 0.15) is 11.9 Å². The van der Waals surface area contributed by atoms with Gasteiger partial charge in [-0.15, -0.1) is 0 Å². The molecule has 0 saturated carbocycles. The third-order valence-electron chi connectivity index (χ3n) is 7.12. The van der Waals surface area contributed by atoms with Crippen LogP contribution in [0, 0.1) is 24.6 Å². The van der Waals surface area contributed by atoms with Crippen molar-refractivity contribution in [1.29, 1.82) is 0 Å². The average Bonchev–Trinajstić information content (AvgIpc) is 2.90. The molecule has 0 aliphatic carbocycles. The highest BCUT2D eigenvalue weighted by molar-refractivity contribution is 5.73. The van der Waals surface area contributed by atoms with Crippen LogP contribution in [0.15, 0.2) is 18.2 Å². The van der Waals surface area contributed by atoms with E-state index in [9.17, 15) is 14.0 Å². The number of halogens is 1. The maximum atomic E-state index is 14.2. The summed E-state index contributed by atoms with van der Waals surface area (Å²) in [7, 11) is 1.29. The summed E-state index contributed by atoms with van der Waals surface area (Å²) in [4.78, 5) is 33.3. The molecule has 0 bridgehead atoms. The number of benzene rings is 1. The maximum Gasteiger partial charge on any atom is 0.433 e. The molecule has 36 heavy (non-hydrogen) atoms. The Hall–Kier alpha value is -2.43. The second-order valence-corrected chi connectivity index (χ2v) is 9.74. The van der Waals surface area contributed by atoms with E-state index in [1.54, 1.807) is 17.9 Å². The third kappa shape index (κ3) is 7.54. The van der Waals surface area contributed by atoms with E-state index in [0.29, 0.717) is 31.1 Å². The Bertz CT molecular complexity index is 867. The monoisotopic (exact) mass is 508 g/mol. The Morgan fingerprint density at radius 2 is 2.11 bits per heavy atom. The number of urea groups is 1. The summed E-state index contributed by atoms with van der Waals surface area (Å²) in [6, 6.07) is 4.31. The molecule has 3 rings (SSSR count). The van der Waals surface area contributed by atoms with Crippen LogP contribution < -0.4 is 5.84 Å². The molecule has 0 spiro atoms. The fourth-order valence-corrected chi connectivity index (χ4v) is 5.09. The number of carbonyl (C=O) groups is 2. The average molecular weight is 509 g/mol. The molecule has 2 fully saturated rings. The van der Waals surface area contributed by atoms with Gasteiger partial charge in [-0.3, -0.25) is 9.85 Å². The van der Waals surface area contributed by atoms with Gasteiger partial charge in [0, 0.05) is 45.3 Å². The van der Waals surface area contributed by atoms with Crippen LogP contribution in [0.5, 0.6) is 0 Å². The third-order valence-corrected chi connectivity index (χ3v) is 7.12. The highest BCUT2D eigenvalue weighted by Gasteiger charge is 2.35. The molecule has 1 aromatic carbocycles. The molecule has 3 amide bonds. The lowest BCUT2D eigenvalue weighted by Crippen LogP contribution is -2.51. The van der Waals surface area contributed by atoms with Crippen LogP contribution in [0.2, 0.25) is 0 Å². The van der Waals surface area contributed by atoms with Crippen molar-refractivity contribution in [3.8, 4) is 0 Å². The number of hydrogen-bond acceptors (Lipinski definition) is 6. The van der Waals surface area contributed by atoms with Crippen LogP contribution in [0.3, 0.4) is 0 Å². The number of likely N-dealkylation sites (tertiary alicyclic amines) is 1. The van der Waals surface area contributed by atoms with Crippen molar-refractivity contribution in [2.24, 2.45) is 17.7 Å². The Morgan fingerprint density at radius 3 is 2.81 bits per heavy atom. The summed E-state index contributed by atoms with van der Waals surface area (Å²) in [5, 5.41) is 2.43. The number of piperidine rings is 1. The molecule has 0 radical (unpaired) electrons. The standard InChI is InChI=1S/C26H41FN4O5/c1-4-31(26(33)34-3)36-24(23-16-22(27)12-11-19(23)2)21-10-6-13-29(17-21)25(32)30(28)14-5-8-20-9-7-15-35-18-20/h11-12,16,20-21,24H,4-10,13-15,17-18,28H2,1-3H3/t20?,21?,24-/m1/s1. The SMILES string of the molecule is CCN(O[C@@H](c1cc(F)ccc1C)C1CCCN(C(=O)N(N)CCCC2CCCOC2)C1)C(=O)OC. The predicted molar refractivity (Wildman–Crippen MR) is 133 cm³/mol. The topological polar surface area (TPSA) is 97.6 Å². The second kappa shape index (κ2) is 13.8. The van der Waals surface area contributed by atoms with Crippen molar-refractivity contribution >= 4 is 12.1 Å².